The fraction of sp³-hybridized carbons (Fsp3) is 0.652. The van der Waals surface area contributed by atoms with Gasteiger partial charge in [-0.05, 0) is 80.9 Å². The average molecular weight is 354 g/mol. The van der Waals surface area contributed by atoms with Gasteiger partial charge in [0.25, 0.3) is 0 Å². The first-order valence-corrected chi connectivity index (χ1v) is 10.6. The first kappa shape index (κ1) is 16.5. The van der Waals surface area contributed by atoms with Gasteiger partial charge in [-0.3, -0.25) is 0 Å². The van der Waals surface area contributed by atoms with Gasteiger partial charge in [-0.15, -0.1) is 0 Å². The van der Waals surface area contributed by atoms with Gasteiger partial charge in [0.1, 0.15) is 0 Å². The van der Waals surface area contributed by atoms with Crippen LogP contribution in [0.3, 0.4) is 0 Å². The molecule has 3 fully saturated rings. The predicted molar refractivity (Wildman–Crippen MR) is 104 cm³/mol. The fourth-order valence-electron chi connectivity index (χ4n) is 4.68. The number of allylic oxidation sites excluding steroid dienone is 2. The molecule has 4 aliphatic rings. The van der Waals surface area contributed by atoms with E-state index >= 15 is 0 Å². The molecule has 1 aromatic rings. The number of hydrogen-bond acceptors (Lipinski definition) is 3. The molecule has 1 atom stereocenters. The van der Waals surface area contributed by atoms with E-state index in [4.69, 9.17) is 9.47 Å². The second-order valence-electron chi connectivity index (χ2n) is 8.91. The van der Waals surface area contributed by atoms with E-state index in [1.807, 2.05) is 0 Å². The van der Waals surface area contributed by atoms with E-state index < -0.39 is 0 Å². The maximum Gasteiger partial charge on any atom is 0.161 e. The summed E-state index contributed by atoms with van der Waals surface area (Å²) in [6, 6.07) is 6.80. The Morgan fingerprint density at radius 3 is 2.46 bits per heavy atom. The summed E-state index contributed by atoms with van der Waals surface area (Å²) in [7, 11) is 2.25. The number of ether oxygens (including phenoxy) is 2. The summed E-state index contributed by atoms with van der Waals surface area (Å²) in [5, 5.41) is 0. The van der Waals surface area contributed by atoms with Crippen molar-refractivity contribution in [2.75, 3.05) is 26.8 Å². The minimum Gasteiger partial charge on any atom is -0.489 e. The monoisotopic (exact) mass is 353 g/mol. The van der Waals surface area contributed by atoms with Gasteiger partial charge in [0, 0.05) is 24.7 Å². The lowest BCUT2D eigenvalue weighted by atomic mass is 9.70. The lowest BCUT2D eigenvalue weighted by Gasteiger charge is -2.36. The molecule has 0 N–H and O–H groups in total. The van der Waals surface area contributed by atoms with E-state index in [1.54, 1.807) is 0 Å². The molecule has 0 amide bonds. The van der Waals surface area contributed by atoms with Crippen molar-refractivity contribution in [3.63, 3.8) is 0 Å². The van der Waals surface area contributed by atoms with Gasteiger partial charge in [-0.1, -0.05) is 12.1 Å². The Kier molecular flexibility index (Phi) is 4.14. The number of nitrogens with zero attached hydrogens (tertiary/aromatic N) is 1. The summed E-state index contributed by atoms with van der Waals surface area (Å²) in [6.45, 7) is 2.85. The van der Waals surface area contributed by atoms with Gasteiger partial charge in [0.15, 0.2) is 11.5 Å². The fourth-order valence-corrected chi connectivity index (χ4v) is 4.68. The molecule has 140 valence electrons. The maximum atomic E-state index is 6.26. The molecule has 5 rings (SSSR count). The highest BCUT2D eigenvalue weighted by molar-refractivity contribution is 5.49. The summed E-state index contributed by atoms with van der Waals surface area (Å²) in [5.41, 5.74) is 3.15. The SMILES string of the molecule is CN1CC[C@]2(c3ccc(OCC4CC4)c(OCC4CC4)c3)CCCC=C12. The van der Waals surface area contributed by atoms with Gasteiger partial charge >= 0.3 is 0 Å². The summed E-state index contributed by atoms with van der Waals surface area (Å²) < 4.78 is 12.4. The summed E-state index contributed by atoms with van der Waals surface area (Å²) >= 11 is 0. The smallest absolute Gasteiger partial charge is 0.161 e. The summed E-state index contributed by atoms with van der Waals surface area (Å²) in [4.78, 5) is 2.46. The van der Waals surface area contributed by atoms with Crippen molar-refractivity contribution < 1.29 is 9.47 Å². The van der Waals surface area contributed by atoms with Crippen molar-refractivity contribution in [1.29, 1.82) is 0 Å². The van der Waals surface area contributed by atoms with Crippen LogP contribution in [-0.2, 0) is 5.41 Å². The van der Waals surface area contributed by atoms with Crippen LogP contribution in [0.4, 0.5) is 0 Å². The van der Waals surface area contributed by atoms with Crippen LogP contribution in [0.25, 0.3) is 0 Å². The normalized spacial score (nSPS) is 27.9. The quantitative estimate of drug-likeness (QED) is 0.695. The lowest BCUT2D eigenvalue weighted by Crippen LogP contribution is -2.30. The third-order valence-corrected chi connectivity index (χ3v) is 6.76. The molecule has 1 aromatic carbocycles. The Morgan fingerprint density at radius 1 is 1.00 bits per heavy atom. The van der Waals surface area contributed by atoms with Crippen molar-refractivity contribution >= 4 is 0 Å². The molecule has 1 saturated heterocycles. The molecule has 3 nitrogen and oxygen atoms in total. The molecular formula is C23H31NO2. The van der Waals surface area contributed by atoms with Crippen LogP contribution < -0.4 is 9.47 Å². The van der Waals surface area contributed by atoms with Crippen LogP contribution in [0.5, 0.6) is 11.5 Å². The predicted octanol–water partition coefficient (Wildman–Crippen LogP) is 4.91. The molecule has 1 aliphatic heterocycles. The van der Waals surface area contributed by atoms with Crippen molar-refractivity contribution in [2.24, 2.45) is 11.8 Å². The molecule has 0 spiro atoms. The second-order valence-corrected chi connectivity index (χ2v) is 8.91. The first-order chi connectivity index (χ1) is 12.7. The molecule has 0 bridgehead atoms. The number of rotatable bonds is 7. The van der Waals surface area contributed by atoms with Crippen molar-refractivity contribution in [3.8, 4) is 11.5 Å². The Bertz CT molecular complexity index is 704. The molecular weight excluding hydrogens is 322 g/mol. The Morgan fingerprint density at radius 2 is 1.73 bits per heavy atom. The molecule has 1 heterocycles. The third kappa shape index (κ3) is 3.10. The van der Waals surface area contributed by atoms with E-state index in [0.29, 0.717) is 0 Å². The van der Waals surface area contributed by atoms with E-state index in [9.17, 15) is 0 Å². The van der Waals surface area contributed by atoms with Crippen LogP contribution in [-0.4, -0.2) is 31.7 Å². The lowest BCUT2D eigenvalue weighted by molar-refractivity contribution is 0.252. The number of hydrogen-bond donors (Lipinski definition) is 0. The van der Waals surface area contributed by atoms with Crippen LogP contribution in [0.1, 0.15) is 56.9 Å². The second kappa shape index (κ2) is 6.51. The minimum absolute atomic E-state index is 0.194. The maximum absolute atomic E-state index is 6.26. The molecule has 0 unspecified atom stereocenters. The van der Waals surface area contributed by atoms with Crippen molar-refractivity contribution in [1.82, 2.24) is 4.90 Å². The molecule has 0 radical (unpaired) electrons. The zero-order valence-electron chi connectivity index (χ0n) is 16.0. The van der Waals surface area contributed by atoms with E-state index in [1.165, 1.54) is 62.6 Å². The van der Waals surface area contributed by atoms with Crippen LogP contribution in [0.2, 0.25) is 0 Å². The Hall–Kier alpha value is -1.64. The molecule has 3 aliphatic carbocycles. The molecule has 3 heteroatoms. The first-order valence-electron chi connectivity index (χ1n) is 10.6. The molecule has 2 saturated carbocycles. The van der Waals surface area contributed by atoms with E-state index in [0.717, 1.165) is 43.1 Å². The zero-order valence-corrected chi connectivity index (χ0v) is 16.0. The minimum atomic E-state index is 0.194. The van der Waals surface area contributed by atoms with Gasteiger partial charge < -0.3 is 14.4 Å². The van der Waals surface area contributed by atoms with Crippen LogP contribution in [0, 0.1) is 11.8 Å². The number of benzene rings is 1. The Balaban J connectivity index is 1.45. The largest absolute Gasteiger partial charge is 0.489 e. The number of fused-ring (bicyclic) bond motifs is 1. The molecule has 0 aromatic heterocycles. The van der Waals surface area contributed by atoms with Gasteiger partial charge in [0.05, 0.1) is 13.2 Å². The number of likely N-dealkylation sites (N-methyl/N-ethyl adjacent to an activating group) is 1. The average Bonchev–Trinajstić information content (AvgIpc) is 3.59. The third-order valence-electron chi connectivity index (χ3n) is 6.76. The standard InChI is InChI=1S/C23H31NO2/c1-24-13-12-23(11-3-2-4-22(23)24)19-9-10-20(25-15-17-5-6-17)21(14-19)26-16-18-7-8-18/h4,9-10,14,17-18H,2-3,5-8,11-13,15-16H2,1H3/t23-/m0/s1. The van der Waals surface area contributed by atoms with Crippen molar-refractivity contribution in [3.05, 3.63) is 35.5 Å². The zero-order chi connectivity index (χ0) is 17.6. The highest BCUT2D eigenvalue weighted by Crippen LogP contribution is 2.50. The van der Waals surface area contributed by atoms with E-state index in [-0.39, 0.29) is 5.41 Å². The van der Waals surface area contributed by atoms with Crippen molar-refractivity contribution in [2.45, 2.75) is 56.8 Å². The molecule has 26 heavy (non-hydrogen) atoms. The highest BCUT2D eigenvalue weighted by atomic mass is 16.5. The van der Waals surface area contributed by atoms with Gasteiger partial charge in [0.2, 0.25) is 0 Å². The topological polar surface area (TPSA) is 21.7 Å². The Labute approximate surface area is 157 Å². The summed E-state index contributed by atoms with van der Waals surface area (Å²) in [6.07, 6.45) is 12.7. The van der Waals surface area contributed by atoms with Gasteiger partial charge in [-0.2, -0.15) is 0 Å². The van der Waals surface area contributed by atoms with Crippen LogP contribution in [0.15, 0.2) is 30.0 Å². The van der Waals surface area contributed by atoms with Gasteiger partial charge in [-0.25, -0.2) is 0 Å². The summed E-state index contributed by atoms with van der Waals surface area (Å²) in [5.74, 6) is 3.45. The number of likely N-dealkylation sites (tertiary alicyclic amines) is 1. The van der Waals surface area contributed by atoms with E-state index in [2.05, 4.69) is 36.2 Å². The highest BCUT2D eigenvalue weighted by Gasteiger charge is 2.44. The van der Waals surface area contributed by atoms with Crippen LogP contribution >= 0.6 is 0 Å².